The van der Waals surface area contributed by atoms with E-state index in [-0.39, 0.29) is 0 Å². The fourth-order valence-electron chi connectivity index (χ4n) is 2.88. The summed E-state index contributed by atoms with van der Waals surface area (Å²) in [5.74, 6) is 1.64. The normalized spacial score (nSPS) is 23.9. The van der Waals surface area contributed by atoms with Crippen LogP contribution in [0, 0.1) is 5.92 Å². The minimum atomic E-state index is 0.688. The second kappa shape index (κ2) is 7.49. The van der Waals surface area contributed by atoms with Crippen LogP contribution in [0.5, 0.6) is 0 Å². The summed E-state index contributed by atoms with van der Waals surface area (Å²) < 4.78 is 14.9. The average molecular weight is 312 g/mol. The third-order valence-electron chi connectivity index (χ3n) is 4.17. The van der Waals surface area contributed by atoms with E-state index < -0.39 is 0 Å². The molecular formula is C14H24N4O2S. The molecule has 1 atom stereocenters. The van der Waals surface area contributed by atoms with Crippen LogP contribution in [0.1, 0.15) is 12.2 Å². The van der Waals surface area contributed by atoms with Gasteiger partial charge in [0.2, 0.25) is 5.13 Å². The molecule has 21 heavy (non-hydrogen) atoms. The molecule has 0 radical (unpaired) electrons. The lowest BCUT2D eigenvalue weighted by Gasteiger charge is -2.35. The predicted octanol–water partition coefficient (Wildman–Crippen LogP) is 0.886. The fraction of sp³-hybridized carbons (Fsp3) is 0.857. The highest BCUT2D eigenvalue weighted by Gasteiger charge is 2.24. The highest BCUT2D eigenvalue weighted by Crippen LogP contribution is 2.20. The molecule has 0 amide bonds. The minimum Gasteiger partial charge on any atom is -0.384 e. The van der Waals surface area contributed by atoms with Gasteiger partial charge in [-0.1, -0.05) is 0 Å². The van der Waals surface area contributed by atoms with Gasteiger partial charge in [0.25, 0.3) is 0 Å². The summed E-state index contributed by atoms with van der Waals surface area (Å²) in [6.45, 7) is 8.08. The van der Waals surface area contributed by atoms with E-state index in [1.807, 2.05) is 0 Å². The highest BCUT2D eigenvalue weighted by atomic mass is 32.1. The van der Waals surface area contributed by atoms with Crippen LogP contribution < -0.4 is 4.90 Å². The van der Waals surface area contributed by atoms with E-state index in [1.165, 1.54) is 24.5 Å². The molecule has 2 saturated heterocycles. The molecule has 3 heterocycles. The number of nitrogens with zero attached hydrogens (tertiary/aromatic N) is 4. The average Bonchev–Trinajstić information content (AvgIpc) is 3.17. The number of piperazine rings is 1. The Hall–Kier alpha value is -0.760. The quantitative estimate of drug-likeness (QED) is 0.777. The maximum Gasteiger partial charge on any atom is 0.205 e. The van der Waals surface area contributed by atoms with Gasteiger partial charge in [-0.25, -0.2) is 4.98 Å². The van der Waals surface area contributed by atoms with Crippen LogP contribution in [0.25, 0.3) is 0 Å². The summed E-state index contributed by atoms with van der Waals surface area (Å²) in [6, 6.07) is 0. The molecule has 2 fully saturated rings. The van der Waals surface area contributed by atoms with Crippen LogP contribution in [0.15, 0.2) is 0 Å². The number of methoxy groups -OCH3 is 1. The van der Waals surface area contributed by atoms with Crippen molar-refractivity contribution >= 4 is 16.7 Å². The molecule has 3 rings (SSSR count). The van der Waals surface area contributed by atoms with E-state index in [1.54, 1.807) is 7.11 Å². The maximum atomic E-state index is 5.46. The zero-order chi connectivity index (χ0) is 14.5. The monoisotopic (exact) mass is 312 g/mol. The van der Waals surface area contributed by atoms with Gasteiger partial charge in [0.15, 0.2) is 0 Å². The summed E-state index contributed by atoms with van der Waals surface area (Å²) in [4.78, 5) is 9.53. The van der Waals surface area contributed by atoms with Gasteiger partial charge >= 0.3 is 0 Å². The third kappa shape index (κ3) is 4.12. The first-order valence-corrected chi connectivity index (χ1v) is 8.49. The first-order chi connectivity index (χ1) is 10.3. The Morgan fingerprint density at radius 3 is 2.90 bits per heavy atom. The Bertz CT molecular complexity index is 428. The predicted molar refractivity (Wildman–Crippen MR) is 83.1 cm³/mol. The molecular weight excluding hydrogens is 288 g/mol. The van der Waals surface area contributed by atoms with Crippen molar-refractivity contribution in [1.82, 2.24) is 14.3 Å². The van der Waals surface area contributed by atoms with Gasteiger partial charge in [0, 0.05) is 64.4 Å². The van der Waals surface area contributed by atoms with Crippen molar-refractivity contribution in [3.8, 4) is 0 Å². The van der Waals surface area contributed by atoms with Crippen LogP contribution in [0.2, 0.25) is 0 Å². The van der Waals surface area contributed by atoms with Gasteiger partial charge in [-0.2, -0.15) is 4.37 Å². The number of aromatic nitrogens is 2. The molecule has 0 aliphatic carbocycles. The molecule has 2 aliphatic rings. The highest BCUT2D eigenvalue weighted by molar-refractivity contribution is 7.09. The lowest BCUT2D eigenvalue weighted by molar-refractivity contribution is 0.164. The van der Waals surface area contributed by atoms with Crippen molar-refractivity contribution in [2.24, 2.45) is 5.92 Å². The Morgan fingerprint density at radius 1 is 1.33 bits per heavy atom. The van der Waals surface area contributed by atoms with Crippen LogP contribution in [-0.4, -0.2) is 73.9 Å². The van der Waals surface area contributed by atoms with Crippen LogP contribution in [-0.2, 0) is 15.9 Å². The largest absolute Gasteiger partial charge is 0.384 e. The zero-order valence-electron chi connectivity index (χ0n) is 12.7. The molecule has 0 saturated carbocycles. The van der Waals surface area contributed by atoms with Gasteiger partial charge in [-0.3, -0.25) is 4.90 Å². The lowest BCUT2D eigenvalue weighted by Crippen LogP contribution is -2.47. The molecule has 0 bridgehead atoms. The molecule has 0 spiro atoms. The van der Waals surface area contributed by atoms with Crippen molar-refractivity contribution in [1.29, 1.82) is 0 Å². The second-order valence-electron chi connectivity index (χ2n) is 5.75. The van der Waals surface area contributed by atoms with Crippen molar-refractivity contribution < 1.29 is 9.47 Å². The molecule has 6 nitrogen and oxygen atoms in total. The molecule has 118 valence electrons. The number of hydrogen-bond acceptors (Lipinski definition) is 7. The third-order valence-corrected chi connectivity index (χ3v) is 4.99. The van der Waals surface area contributed by atoms with Crippen LogP contribution in [0.3, 0.4) is 0 Å². The van der Waals surface area contributed by atoms with Crippen LogP contribution >= 0.6 is 11.5 Å². The van der Waals surface area contributed by atoms with E-state index in [0.717, 1.165) is 62.7 Å². The molecule has 1 unspecified atom stereocenters. The first-order valence-electron chi connectivity index (χ1n) is 7.71. The first kappa shape index (κ1) is 15.1. The smallest absolute Gasteiger partial charge is 0.205 e. The van der Waals surface area contributed by atoms with Gasteiger partial charge in [0.1, 0.15) is 5.82 Å². The Kier molecular flexibility index (Phi) is 5.40. The molecule has 0 aromatic carbocycles. The summed E-state index contributed by atoms with van der Waals surface area (Å²) in [6.07, 6.45) is 2.02. The zero-order valence-corrected chi connectivity index (χ0v) is 13.5. The van der Waals surface area contributed by atoms with Crippen molar-refractivity contribution in [3.63, 3.8) is 0 Å². The Balaban J connectivity index is 1.45. The van der Waals surface area contributed by atoms with Gasteiger partial charge < -0.3 is 14.4 Å². The van der Waals surface area contributed by atoms with Crippen LogP contribution in [0.4, 0.5) is 5.13 Å². The number of ether oxygens (including phenoxy) is 2. The van der Waals surface area contributed by atoms with E-state index in [0.29, 0.717) is 6.61 Å². The Morgan fingerprint density at radius 2 is 2.19 bits per heavy atom. The van der Waals surface area contributed by atoms with Gasteiger partial charge in [-0.05, 0) is 12.3 Å². The summed E-state index contributed by atoms with van der Waals surface area (Å²) in [7, 11) is 1.71. The van der Waals surface area contributed by atoms with Crippen molar-refractivity contribution in [3.05, 3.63) is 5.82 Å². The standard InChI is InChI=1S/C14H24N4O2S/c1-19-8-3-13-15-14(21-16-13)18-6-4-17(5-7-18)10-12-2-9-20-11-12/h12H,2-11H2,1H3. The van der Waals surface area contributed by atoms with Crippen molar-refractivity contribution in [2.45, 2.75) is 12.8 Å². The lowest BCUT2D eigenvalue weighted by atomic mass is 10.1. The Labute approximate surface area is 130 Å². The number of hydrogen-bond donors (Lipinski definition) is 0. The summed E-state index contributed by atoms with van der Waals surface area (Å²) in [5.41, 5.74) is 0. The number of rotatable bonds is 6. The molecule has 2 aliphatic heterocycles. The summed E-state index contributed by atoms with van der Waals surface area (Å²) >= 11 is 1.51. The topological polar surface area (TPSA) is 50.7 Å². The van der Waals surface area contributed by atoms with E-state index in [2.05, 4.69) is 19.2 Å². The molecule has 1 aromatic heterocycles. The van der Waals surface area contributed by atoms with E-state index >= 15 is 0 Å². The molecule has 7 heteroatoms. The SMILES string of the molecule is COCCc1nsc(N2CCN(CC3CCOC3)CC2)n1. The summed E-state index contributed by atoms with van der Waals surface area (Å²) in [5, 5.41) is 1.06. The van der Waals surface area contributed by atoms with Gasteiger partial charge in [0.05, 0.1) is 13.2 Å². The van der Waals surface area contributed by atoms with Crippen molar-refractivity contribution in [2.75, 3.05) is 64.6 Å². The van der Waals surface area contributed by atoms with Gasteiger partial charge in [-0.15, -0.1) is 0 Å². The maximum absolute atomic E-state index is 5.46. The minimum absolute atomic E-state index is 0.688. The molecule has 0 N–H and O–H groups in total. The fourth-order valence-corrected chi connectivity index (χ4v) is 3.65. The molecule has 1 aromatic rings. The number of anilines is 1. The second-order valence-corrected chi connectivity index (χ2v) is 6.48. The van der Waals surface area contributed by atoms with E-state index in [9.17, 15) is 0 Å². The van der Waals surface area contributed by atoms with E-state index in [4.69, 9.17) is 9.47 Å².